The van der Waals surface area contributed by atoms with Gasteiger partial charge in [-0.15, -0.1) is 0 Å². The van der Waals surface area contributed by atoms with E-state index in [2.05, 4.69) is 15.9 Å². The first-order valence-corrected chi connectivity index (χ1v) is 9.33. The molecular weight excluding hydrogens is 462 g/mol. The lowest BCUT2D eigenvalue weighted by Crippen LogP contribution is -2.54. The van der Waals surface area contributed by atoms with Gasteiger partial charge in [0.2, 0.25) is 0 Å². The van der Waals surface area contributed by atoms with Gasteiger partial charge < -0.3 is 9.84 Å². The van der Waals surface area contributed by atoms with Crippen molar-refractivity contribution in [1.29, 1.82) is 0 Å². The Labute approximate surface area is 178 Å². The fraction of sp³-hybridized carbons (Fsp3) is 0.105. The highest BCUT2D eigenvalue weighted by Gasteiger charge is 2.37. The molecule has 0 aliphatic carbocycles. The van der Waals surface area contributed by atoms with Gasteiger partial charge >= 0.3 is 6.03 Å². The molecule has 0 spiro atoms. The highest BCUT2D eigenvalue weighted by atomic mass is 79.9. The summed E-state index contributed by atoms with van der Waals surface area (Å²) in [7, 11) is 0. The number of imide groups is 2. The number of nitrogens with one attached hydrogen (secondary N) is 1. The third-order valence-electron chi connectivity index (χ3n) is 4.06. The predicted molar refractivity (Wildman–Crippen MR) is 109 cm³/mol. The highest BCUT2D eigenvalue weighted by molar-refractivity contribution is 9.10. The normalized spacial score (nSPS) is 15.3. The summed E-state index contributed by atoms with van der Waals surface area (Å²) in [6, 6.07) is 6.77. The Hall–Kier alpha value is -3.73. The zero-order valence-electron chi connectivity index (χ0n) is 15.4. The molecule has 0 bridgehead atoms. The van der Waals surface area contributed by atoms with Crippen LogP contribution in [0.25, 0.3) is 6.08 Å². The van der Waals surface area contributed by atoms with Gasteiger partial charge in [0.25, 0.3) is 17.5 Å². The summed E-state index contributed by atoms with van der Waals surface area (Å²) in [6.07, 6.45) is 1.22. The van der Waals surface area contributed by atoms with Crippen LogP contribution in [-0.2, 0) is 9.59 Å². The average Bonchev–Trinajstić information content (AvgIpc) is 2.69. The summed E-state index contributed by atoms with van der Waals surface area (Å²) in [5.74, 6) is -1.89. The van der Waals surface area contributed by atoms with E-state index in [-0.39, 0.29) is 39.5 Å². The van der Waals surface area contributed by atoms with Gasteiger partial charge in [0.15, 0.2) is 11.5 Å². The number of aromatic hydroxyl groups is 1. The Kier molecular flexibility index (Phi) is 5.83. The number of halogens is 1. The van der Waals surface area contributed by atoms with Crippen LogP contribution in [0.2, 0.25) is 0 Å². The minimum Gasteiger partial charge on any atom is -0.503 e. The Bertz CT molecular complexity index is 1110. The summed E-state index contributed by atoms with van der Waals surface area (Å²) in [5, 5.41) is 23.1. The van der Waals surface area contributed by atoms with E-state index in [1.165, 1.54) is 36.4 Å². The van der Waals surface area contributed by atoms with Gasteiger partial charge in [-0.2, -0.15) is 0 Å². The van der Waals surface area contributed by atoms with Crippen LogP contribution in [-0.4, -0.2) is 34.5 Å². The number of ether oxygens (including phenoxy) is 1. The third-order valence-corrected chi connectivity index (χ3v) is 4.67. The third kappa shape index (κ3) is 4.01. The summed E-state index contributed by atoms with van der Waals surface area (Å²) < 4.78 is 5.59. The Morgan fingerprint density at radius 2 is 2.00 bits per heavy atom. The number of anilines is 1. The topological polar surface area (TPSA) is 139 Å². The van der Waals surface area contributed by atoms with E-state index in [0.29, 0.717) is 10.5 Å². The largest absolute Gasteiger partial charge is 0.503 e. The molecule has 2 aromatic rings. The summed E-state index contributed by atoms with van der Waals surface area (Å²) >= 11 is 3.17. The van der Waals surface area contributed by atoms with E-state index in [4.69, 9.17) is 4.74 Å². The fourth-order valence-electron chi connectivity index (χ4n) is 2.75. The molecule has 2 aromatic carbocycles. The predicted octanol–water partition coefficient (Wildman–Crippen LogP) is 3.13. The van der Waals surface area contributed by atoms with Gasteiger partial charge in [0, 0.05) is 12.1 Å². The van der Waals surface area contributed by atoms with Gasteiger partial charge in [-0.1, -0.05) is 6.07 Å². The van der Waals surface area contributed by atoms with Crippen LogP contribution in [0.15, 0.2) is 46.4 Å². The van der Waals surface area contributed by atoms with Crippen molar-refractivity contribution in [3.8, 4) is 11.5 Å². The summed E-state index contributed by atoms with van der Waals surface area (Å²) in [6.45, 7) is 1.99. The molecule has 10 nitrogen and oxygen atoms in total. The Morgan fingerprint density at radius 3 is 2.67 bits per heavy atom. The lowest BCUT2D eigenvalue weighted by atomic mass is 10.1. The maximum atomic E-state index is 12.9. The standard InChI is InChI=1S/C19H14BrN3O7/c1-2-30-15-8-10(7-14(20)16(15)24)6-13-17(25)21-19(27)22(18(13)26)11-4-3-5-12(9-11)23(28)29/h3-9,24H,2H2,1H3,(H,21,25,27)/b13-6+. The number of benzene rings is 2. The Balaban J connectivity index is 2.05. The van der Waals surface area contributed by atoms with Crippen molar-refractivity contribution in [2.75, 3.05) is 11.5 Å². The number of carbonyl (C=O) groups is 3. The van der Waals surface area contributed by atoms with Gasteiger partial charge in [-0.05, 0) is 52.7 Å². The zero-order chi connectivity index (χ0) is 22.0. The molecule has 30 heavy (non-hydrogen) atoms. The van der Waals surface area contributed by atoms with Gasteiger partial charge in [-0.25, -0.2) is 9.69 Å². The number of phenols is 1. The lowest BCUT2D eigenvalue weighted by molar-refractivity contribution is -0.384. The van der Waals surface area contributed by atoms with E-state index < -0.39 is 22.8 Å². The highest BCUT2D eigenvalue weighted by Crippen LogP contribution is 2.36. The molecule has 0 atom stereocenters. The molecule has 0 unspecified atom stereocenters. The molecule has 1 saturated heterocycles. The molecule has 1 heterocycles. The van der Waals surface area contributed by atoms with E-state index in [0.717, 1.165) is 6.07 Å². The number of urea groups is 1. The second-order valence-electron chi connectivity index (χ2n) is 6.02. The lowest BCUT2D eigenvalue weighted by Gasteiger charge is -2.26. The number of phenolic OH excluding ortho intramolecular Hbond substituents is 1. The fourth-order valence-corrected chi connectivity index (χ4v) is 3.21. The number of hydrogen-bond donors (Lipinski definition) is 2. The van der Waals surface area contributed by atoms with E-state index in [1.54, 1.807) is 6.92 Å². The average molecular weight is 476 g/mol. The number of amides is 4. The molecule has 1 aliphatic rings. The number of nitrogens with zero attached hydrogens (tertiary/aromatic N) is 2. The zero-order valence-corrected chi connectivity index (χ0v) is 17.0. The minimum absolute atomic E-state index is 0.0630. The number of nitro benzene ring substituents is 1. The second-order valence-corrected chi connectivity index (χ2v) is 6.87. The second kappa shape index (κ2) is 8.33. The molecule has 11 heteroatoms. The van der Waals surface area contributed by atoms with Crippen molar-refractivity contribution >= 4 is 51.2 Å². The first-order chi connectivity index (χ1) is 14.2. The smallest absolute Gasteiger partial charge is 0.335 e. The van der Waals surface area contributed by atoms with Gasteiger partial charge in [-0.3, -0.25) is 25.0 Å². The van der Waals surface area contributed by atoms with Crippen LogP contribution >= 0.6 is 15.9 Å². The number of barbiturate groups is 1. The molecule has 1 aliphatic heterocycles. The molecule has 0 radical (unpaired) electrons. The molecule has 4 amide bonds. The number of non-ortho nitro benzene ring substituents is 1. The van der Waals surface area contributed by atoms with Crippen LogP contribution in [0.5, 0.6) is 11.5 Å². The van der Waals surface area contributed by atoms with Crippen molar-refractivity contribution in [2.24, 2.45) is 0 Å². The van der Waals surface area contributed by atoms with Crippen molar-refractivity contribution in [2.45, 2.75) is 6.92 Å². The first-order valence-electron chi connectivity index (χ1n) is 8.54. The first kappa shape index (κ1) is 21.0. The number of rotatable bonds is 5. The molecule has 0 aromatic heterocycles. The van der Waals surface area contributed by atoms with Crippen LogP contribution in [0, 0.1) is 10.1 Å². The summed E-state index contributed by atoms with van der Waals surface area (Å²) in [5.41, 5.74) is -0.414. The number of hydrogen-bond acceptors (Lipinski definition) is 7. The van der Waals surface area contributed by atoms with E-state index in [9.17, 15) is 29.6 Å². The van der Waals surface area contributed by atoms with Crippen molar-refractivity contribution < 1.29 is 29.2 Å². The number of carbonyl (C=O) groups excluding carboxylic acids is 3. The molecule has 1 fully saturated rings. The molecule has 154 valence electrons. The van der Waals surface area contributed by atoms with Crippen molar-refractivity contribution in [3.63, 3.8) is 0 Å². The Morgan fingerprint density at radius 1 is 1.27 bits per heavy atom. The van der Waals surface area contributed by atoms with Crippen LogP contribution < -0.4 is 15.0 Å². The van der Waals surface area contributed by atoms with Gasteiger partial charge in [0.05, 0.1) is 21.7 Å². The molecule has 3 rings (SSSR count). The van der Waals surface area contributed by atoms with Crippen LogP contribution in [0.4, 0.5) is 16.2 Å². The maximum Gasteiger partial charge on any atom is 0.335 e. The van der Waals surface area contributed by atoms with Crippen LogP contribution in [0.3, 0.4) is 0 Å². The SMILES string of the molecule is CCOc1cc(/C=C2\C(=O)NC(=O)N(c3cccc([N+](=O)[O-])c3)C2=O)cc(Br)c1O. The van der Waals surface area contributed by atoms with E-state index in [1.807, 2.05) is 5.32 Å². The van der Waals surface area contributed by atoms with Crippen molar-refractivity contribution in [1.82, 2.24) is 5.32 Å². The minimum atomic E-state index is -1.02. The monoisotopic (exact) mass is 475 g/mol. The van der Waals surface area contributed by atoms with E-state index >= 15 is 0 Å². The number of nitro groups is 1. The quantitative estimate of drug-likeness (QED) is 0.293. The van der Waals surface area contributed by atoms with Gasteiger partial charge in [0.1, 0.15) is 5.57 Å². The van der Waals surface area contributed by atoms with Crippen molar-refractivity contribution in [3.05, 3.63) is 62.1 Å². The maximum absolute atomic E-state index is 12.9. The van der Waals surface area contributed by atoms with Crippen LogP contribution in [0.1, 0.15) is 12.5 Å². The molecule has 2 N–H and O–H groups in total. The summed E-state index contributed by atoms with van der Waals surface area (Å²) in [4.78, 5) is 48.4. The molecule has 0 saturated carbocycles. The molecular formula is C19H14BrN3O7.